The van der Waals surface area contributed by atoms with E-state index in [0.717, 1.165) is 51.4 Å². The summed E-state index contributed by atoms with van der Waals surface area (Å²) in [6.45, 7) is 3.85. The van der Waals surface area contributed by atoms with Crippen LogP contribution in [-0.2, 0) is 18.4 Å². The van der Waals surface area contributed by atoms with Gasteiger partial charge in [-0.25, -0.2) is 4.57 Å². The molecule has 0 rings (SSSR count). The van der Waals surface area contributed by atoms with Crippen molar-refractivity contribution in [3.63, 3.8) is 0 Å². The van der Waals surface area contributed by atoms with Crippen LogP contribution < -0.4 is 11.1 Å². The molecule has 49 heavy (non-hydrogen) atoms. The third-order valence-corrected chi connectivity index (χ3v) is 9.47. The second-order valence-electron chi connectivity index (χ2n) is 13.3. The number of hydrogen-bond acceptors (Lipinski definition) is 7. The van der Waals surface area contributed by atoms with E-state index in [1.807, 2.05) is 6.08 Å². The van der Waals surface area contributed by atoms with Crippen molar-refractivity contribution in [1.82, 2.24) is 5.32 Å². The molecule has 0 spiro atoms. The monoisotopic (exact) mass is 715 g/mol. The maximum absolute atomic E-state index is 12.7. The molecule has 0 saturated carbocycles. The number of phosphoric acid groups is 1. The molecule has 0 bridgehead atoms. The van der Waals surface area contributed by atoms with Gasteiger partial charge in [-0.3, -0.25) is 13.8 Å². The van der Waals surface area contributed by atoms with Crippen LogP contribution in [0.4, 0.5) is 0 Å². The van der Waals surface area contributed by atoms with Crippen LogP contribution in [0.15, 0.2) is 36.5 Å². The number of amides is 1. The van der Waals surface area contributed by atoms with Crippen LogP contribution in [0.3, 0.4) is 0 Å². The number of carbonyl (C=O) groups is 1. The van der Waals surface area contributed by atoms with Crippen molar-refractivity contribution in [2.24, 2.45) is 5.73 Å². The first kappa shape index (κ1) is 47.7. The molecule has 10 heteroatoms. The van der Waals surface area contributed by atoms with Crippen LogP contribution in [0.25, 0.3) is 0 Å². The molecule has 0 aliphatic rings. The number of aliphatic hydroxyl groups is 2. The third kappa shape index (κ3) is 33.6. The lowest BCUT2D eigenvalue weighted by molar-refractivity contribution is -0.124. The number of carbonyl (C=O) groups excluding carboxylic acids is 1. The highest BCUT2D eigenvalue weighted by Crippen LogP contribution is 2.43. The summed E-state index contributed by atoms with van der Waals surface area (Å²) in [7, 11) is -4.40. The Morgan fingerprint density at radius 3 is 1.65 bits per heavy atom. The van der Waals surface area contributed by atoms with E-state index in [1.54, 1.807) is 6.08 Å². The van der Waals surface area contributed by atoms with Gasteiger partial charge in [-0.05, 0) is 38.5 Å². The van der Waals surface area contributed by atoms with E-state index in [1.165, 1.54) is 83.5 Å². The Kier molecular flexibility index (Phi) is 34.2. The minimum atomic E-state index is -4.40. The molecule has 0 aromatic rings. The molecule has 0 aromatic carbocycles. The topological polar surface area (TPSA) is 151 Å². The molecule has 4 unspecified atom stereocenters. The van der Waals surface area contributed by atoms with Crippen LogP contribution in [0.2, 0.25) is 0 Å². The lowest BCUT2D eigenvalue weighted by Crippen LogP contribution is -2.46. The molecule has 0 radical (unpaired) electrons. The Bertz CT molecular complexity index is 883. The minimum Gasteiger partial charge on any atom is -0.393 e. The summed E-state index contributed by atoms with van der Waals surface area (Å²) in [6.07, 6.45) is 36.7. The largest absolute Gasteiger partial charge is 0.472 e. The van der Waals surface area contributed by atoms with Gasteiger partial charge in [0.1, 0.15) is 0 Å². The molecular formula is C39H75N2O7P. The number of rotatable bonds is 36. The smallest absolute Gasteiger partial charge is 0.393 e. The summed E-state index contributed by atoms with van der Waals surface area (Å²) in [6, 6.07) is -1.00. The van der Waals surface area contributed by atoms with Crippen molar-refractivity contribution in [2.45, 2.75) is 186 Å². The van der Waals surface area contributed by atoms with Gasteiger partial charge in [0.15, 0.2) is 0 Å². The van der Waals surface area contributed by atoms with Crippen LogP contribution in [0, 0.1) is 0 Å². The molecule has 4 atom stereocenters. The normalized spacial score (nSPS) is 15.3. The summed E-state index contributed by atoms with van der Waals surface area (Å²) < 4.78 is 22.0. The number of nitrogens with two attached hydrogens (primary N) is 1. The van der Waals surface area contributed by atoms with E-state index in [0.29, 0.717) is 12.8 Å². The van der Waals surface area contributed by atoms with Gasteiger partial charge in [0.05, 0.1) is 37.9 Å². The number of nitrogens with one attached hydrogen (secondary N) is 1. The summed E-state index contributed by atoms with van der Waals surface area (Å²) in [5.41, 5.74) is 5.34. The molecule has 9 nitrogen and oxygen atoms in total. The highest BCUT2D eigenvalue weighted by atomic mass is 31.2. The zero-order chi connectivity index (χ0) is 36.3. The second kappa shape index (κ2) is 35.1. The predicted octanol–water partition coefficient (Wildman–Crippen LogP) is 9.36. The molecule has 0 aromatic heterocycles. The Labute approximate surface area is 300 Å². The first-order valence-corrected chi connectivity index (χ1v) is 21.2. The van der Waals surface area contributed by atoms with Crippen molar-refractivity contribution in [3.05, 3.63) is 36.5 Å². The van der Waals surface area contributed by atoms with Crippen LogP contribution in [0.5, 0.6) is 0 Å². The van der Waals surface area contributed by atoms with E-state index in [4.69, 9.17) is 14.8 Å². The quantitative estimate of drug-likeness (QED) is 0.0245. The second-order valence-corrected chi connectivity index (χ2v) is 14.8. The molecule has 1 amide bonds. The number of allylic oxidation sites excluding steroid dienone is 5. The van der Waals surface area contributed by atoms with E-state index < -0.39 is 38.6 Å². The minimum absolute atomic E-state index is 0.0424. The molecule has 0 aliphatic heterocycles. The Hall–Kier alpha value is -1.32. The van der Waals surface area contributed by atoms with Gasteiger partial charge in [0.2, 0.25) is 5.91 Å². The maximum atomic E-state index is 12.7. The van der Waals surface area contributed by atoms with Gasteiger partial charge in [0, 0.05) is 6.54 Å². The van der Waals surface area contributed by atoms with Gasteiger partial charge in [-0.2, -0.15) is 0 Å². The highest BCUT2D eigenvalue weighted by Gasteiger charge is 2.27. The highest BCUT2D eigenvalue weighted by molar-refractivity contribution is 7.47. The van der Waals surface area contributed by atoms with Crippen molar-refractivity contribution in [1.29, 1.82) is 0 Å². The summed E-state index contributed by atoms with van der Waals surface area (Å²) >= 11 is 0. The van der Waals surface area contributed by atoms with Crippen molar-refractivity contribution in [3.8, 4) is 0 Å². The van der Waals surface area contributed by atoms with E-state index in [9.17, 15) is 24.5 Å². The van der Waals surface area contributed by atoms with Crippen molar-refractivity contribution >= 4 is 13.7 Å². The van der Waals surface area contributed by atoms with Crippen LogP contribution >= 0.6 is 7.82 Å². The van der Waals surface area contributed by atoms with Crippen LogP contribution in [0.1, 0.15) is 168 Å². The first-order valence-electron chi connectivity index (χ1n) is 19.7. The zero-order valence-electron chi connectivity index (χ0n) is 31.3. The van der Waals surface area contributed by atoms with E-state index in [-0.39, 0.29) is 19.6 Å². The summed E-state index contributed by atoms with van der Waals surface area (Å²) in [5, 5.41) is 23.9. The summed E-state index contributed by atoms with van der Waals surface area (Å²) in [5.74, 6) is -0.461. The first-order chi connectivity index (χ1) is 23.8. The average Bonchev–Trinajstić information content (AvgIpc) is 3.07. The lowest BCUT2D eigenvalue weighted by Gasteiger charge is -2.24. The number of phosphoric ester groups is 1. The SMILES string of the molecule is CCC/C=C/CC/C=C/CC/C=C/C(O)C(COP(=O)(O)OCCN)NC(=O)CC(O)CCCCCCCCCCCCCCCCCC. The predicted molar refractivity (Wildman–Crippen MR) is 204 cm³/mol. The lowest BCUT2D eigenvalue weighted by atomic mass is 10.0. The van der Waals surface area contributed by atoms with Gasteiger partial charge < -0.3 is 26.2 Å². The van der Waals surface area contributed by atoms with Gasteiger partial charge in [0.25, 0.3) is 0 Å². The molecule has 0 heterocycles. The van der Waals surface area contributed by atoms with E-state index >= 15 is 0 Å². The maximum Gasteiger partial charge on any atom is 0.472 e. The zero-order valence-corrected chi connectivity index (χ0v) is 32.2. The fourth-order valence-electron chi connectivity index (χ4n) is 5.51. The van der Waals surface area contributed by atoms with Crippen molar-refractivity contribution in [2.75, 3.05) is 19.8 Å². The van der Waals surface area contributed by atoms with E-state index in [2.05, 4.69) is 43.5 Å². The van der Waals surface area contributed by atoms with Gasteiger partial charge in [-0.1, -0.05) is 159 Å². The molecular weight excluding hydrogens is 639 g/mol. The Balaban J connectivity index is 4.38. The number of hydrogen-bond donors (Lipinski definition) is 5. The Morgan fingerprint density at radius 2 is 1.16 bits per heavy atom. The van der Waals surface area contributed by atoms with Crippen LogP contribution in [-0.4, -0.2) is 59.0 Å². The number of aliphatic hydroxyl groups excluding tert-OH is 2. The summed E-state index contributed by atoms with van der Waals surface area (Å²) in [4.78, 5) is 22.6. The number of unbranched alkanes of at least 4 members (excludes halogenated alkanes) is 18. The van der Waals surface area contributed by atoms with Gasteiger partial charge >= 0.3 is 7.82 Å². The molecule has 0 aliphatic carbocycles. The standard InChI is InChI=1S/C39H75N2O7P/c1-3-5-7-9-11-13-15-16-17-18-19-21-22-24-26-28-30-36(42)34-39(44)41-37(35-48-49(45,46)47-33-32-40)38(43)31-29-27-25-23-20-14-12-10-8-6-4-2/h8,10,20,23,29,31,36-38,42-43H,3-7,9,11-19,21-22,24-28,30,32-35,40H2,1-2H3,(H,41,44)(H,45,46)/b10-8+,23-20+,31-29+. The average molecular weight is 715 g/mol. The molecule has 288 valence electrons. The Morgan fingerprint density at radius 1 is 0.694 bits per heavy atom. The van der Waals surface area contributed by atoms with Gasteiger partial charge in [-0.15, -0.1) is 0 Å². The third-order valence-electron chi connectivity index (χ3n) is 8.48. The van der Waals surface area contributed by atoms with Crippen molar-refractivity contribution < 1.29 is 33.5 Å². The molecule has 6 N–H and O–H groups in total. The fraction of sp³-hybridized carbons (Fsp3) is 0.821. The fourth-order valence-corrected chi connectivity index (χ4v) is 6.27. The molecule has 0 saturated heterocycles. The molecule has 0 fully saturated rings.